The molecule has 27 heavy (non-hydrogen) atoms. The van der Waals surface area contributed by atoms with Crippen LogP contribution in [-0.4, -0.2) is 27.0 Å². The highest BCUT2D eigenvalue weighted by molar-refractivity contribution is 9.10. The number of rotatable bonds is 6. The van der Waals surface area contributed by atoms with E-state index >= 15 is 0 Å². The molecule has 0 saturated carbocycles. The highest BCUT2D eigenvalue weighted by atomic mass is 79.9. The van der Waals surface area contributed by atoms with E-state index in [1.807, 2.05) is 24.3 Å². The van der Waals surface area contributed by atoms with Crippen LogP contribution < -0.4 is 14.8 Å². The van der Waals surface area contributed by atoms with Gasteiger partial charge in [0.2, 0.25) is 10.0 Å². The first kappa shape index (κ1) is 21.4. The maximum Gasteiger partial charge on any atom is 0.252 e. The lowest BCUT2D eigenvalue weighted by Gasteiger charge is -2.20. The number of methoxy groups -OCH3 is 1. The second-order valence-corrected chi connectivity index (χ2v) is 9.56. The third kappa shape index (κ3) is 6.05. The smallest absolute Gasteiger partial charge is 0.252 e. The molecule has 0 bridgehead atoms. The summed E-state index contributed by atoms with van der Waals surface area (Å²) in [7, 11) is -2.14. The van der Waals surface area contributed by atoms with Crippen LogP contribution in [0, 0.1) is 0 Å². The summed E-state index contributed by atoms with van der Waals surface area (Å²) in [6.45, 7) is 5.58. The minimum absolute atomic E-state index is 0.0372. The van der Waals surface area contributed by atoms with Crippen molar-refractivity contribution in [1.29, 1.82) is 0 Å². The fourth-order valence-corrected chi connectivity index (χ4v) is 4.20. The van der Waals surface area contributed by atoms with Crippen molar-refractivity contribution in [3.63, 3.8) is 0 Å². The van der Waals surface area contributed by atoms with Crippen LogP contribution >= 0.6 is 15.9 Å². The van der Waals surface area contributed by atoms with E-state index in [0.717, 1.165) is 11.3 Å². The summed E-state index contributed by atoms with van der Waals surface area (Å²) >= 11 is 3.31. The number of ether oxygens (including phenoxy) is 1. The monoisotopic (exact) mass is 454 g/mol. The van der Waals surface area contributed by atoms with Crippen LogP contribution in [0.15, 0.2) is 51.8 Å². The van der Waals surface area contributed by atoms with E-state index in [0.29, 0.717) is 11.0 Å². The number of hydrogen-bond donors (Lipinski definition) is 2. The van der Waals surface area contributed by atoms with Gasteiger partial charge in [-0.2, -0.15) is 0 Å². The Bertz CT molecular complexity index is 920. The molecule has 2 aromatic rings. The molecule has 0 aliphatic carbocycles. The standard InChI is InChI=1S/C19H23BrN2O4S/c1-19(2,3)22-27(24,25)15-9-10-17(20)16(11-15)18(23)21-12-13-5-7-14(26-4)8-6-13/h5-11,22H,12H2,1-4H3,(H,21,23). The van der Waals surface area contributed by atoms with Crippen LogP contribution in [0.4, 0.5) is 0 Å². The summed E-state index contributed by atoms with van der Waals surface area (Å²) in [5.74, 6) is 0.363. The lowest BCUT2D eigenvalue weighted by atomic mass is 10.1. The number of sulfonamides is 1. The summed E-state index contributed by atoms with van der Waals surface area (Å²) in [5.41, 5.74) is 0.529. The van der Waals surface area contributed by atoms with Crippen molar-refractivity contribution in [2.45, 2.75) is 37.8 Å². The summed E-state index contributed by atoms with van der Waals surface area (Å²) in [6, 6.07) is 11.7. The van der Waals surface area contributed by atoms with E-state index in [1.165, 1.54) is 12.1 Å². The van der Waals surface area contributed by atoms with Gasteiger partial charge in [0, 0.05) is 16.6 Å². The van der Waals surface area contributed by atoms with Gasteiger partial charge in [-0.1, -0.05) is 12.1 Å². The second-order valence-electron chi connectivity index (χ2n) is 7.03. The Labute approximate surface area is 168 Å². The summed E-state index contributed by atoms with van der Waals surface area (Å²) in [6.07, 6.45) is 0. The zero-order valence-corrected chi connectivity index (χ0v) is 18.1. The van der Waals surface area contributed by atoms with E-state index in [1.54, 1.807) is 33.9 Å². The zero-order chi connectivity index (χ0) is 20.2. The molecule has 6 nitrogen and oxygen atoms in total. The van der Waals surface area contributed by atoms with Crippen molar-refractivity contribution in [3.8, 4) is 5.75 Å². The van der Waals surface area contributed by atoms with Gasteiger partial charge in [-0.3, -0.25) is 4.79 Å². The fourth-order valence-electron chi connectivity index (χ4n) is 2.33. The number of carbonyl (C=O) groups excluding carboxylic acids is 1. The second kappa shape index (κ2) is 8.41. The van der Waals surface area contributed by atoms with E-state index < -0.39 is 15.6 Å². The molecule has 0 atom stereocenters. The number of amides is 1. The molecule has 0 aromatic heterocycles. The van der Waals surface area contributed by atoms with Gasteiger partial charge in [0.1, 0.15) is 5.75 Å². The zero-order valence-electron chi connectivity index (χ0n) is 15.7. The minimum atomic E-state index is -3.73. The van der Waals surface area contributed by atoms with Crippen LogP contribution in [0.5, 0.6) is 5.75 Å². The van der Waals surface area contributed by atoms with E-state index in [-0.39, 0.29) is 16.4 Å². The minimum Gasteiger partial charge on any atom is -0.497 e. The molecule has 2 rings (SSSR count). The normalized spacial score (nSPS) is 11.9. The third-order valence-corrected chi connectivity index (χ3v) is 5.99. The first-order valence-electron chi connectivity index (χ1n) is 8.26. The molecule has 0 unspecified atom stereocenters. The summed E-state index contributed by atoms with van der Waals surface area (Å²) < 4.78 is 33.2. The topological polar surface area (TPSA) is 84.5 Å². The quantitative estimate of drug-likeness (QED) is 0.699. The third-order valence-electron chi connectivity index (χ3n) is 3.55. The van der Waals surface area contributed by atoms with Gasteiger partial charge < -0.3 is 10.1 Å². The number of halogens is 1. The number of carbonyl (C=O) groups is 1. The average Bonchev–Trinajstić information content (AvgIpc) is 2.58. The van der Waals surface area contributed by atoms with Gasteiger partial charge in [0.25, 0.3) is 5.91 Å². The molecule has 0 spiro atoms. The number of nitrogens with one attached hydrogen (secondary N) is 2. The molecule has 0 radical (unpaired) electrons. The number of hydrogen-bond acceptors (Lipinski definition) is 4. The molecular formula is C19H23BrN2O4S. The fraction of sp³-hybridized carbons (Fsp3) is 0.316. The molecule has 146 valence electrons. The van der Waals surface area contributed by atoms with Crippen molar-refractivity contribution >= 4 is 31.9 Å². The molecule has 2 aromatic carbocycles. The van der Waals surface area contributed by atoms with Crippen LogP contribution in [0.2, 0.25) is 0 Å². The van der Waals surface area contributed by atoms with Gasteiger partial charge in [0.05, 0.1) is 17.6 Å². The SMILES string of the molecule is COc1ccc(CNC(=O)c2cc(S(=O)(=O)NC(C)(C)C)ccc2Br)cc1. The molecule has 1 amide bonds. The van der Waals surface area contributed by atoms with Crippen molar-refractivity contribution in [2.24, 2.45) is 0 Å². The summed E-state index contributed by atoms with van der Waals surface area (Å²) in [4.78, 5) is 12.6. The molecule has 0 aliphatic rings. The Kier molecular flexibility index (Phi) is 6.67. The van der Waals surface area contributed by atoms with Crippen LogP contribution in [0.25, 0.3) is 0 Å². The Balaban J connectivity index is 2.18. The molecule has 2 N–H and O–H groups in total. The van der Waals surface area contributed by atoms with E-state index in [2.05, 4.69) is 26.0 Å². The molecule has 0 aliphatic heterocycles. The highest BCUT2D eigenvalue weighted by Gasteiger charge is 2.23. The molecule has 0 saturated heterocycles. The largest absolute Gasteiger partial charge is 0.497 e. The molecule has 0 heterocycles. The Hall–Kier alpha value is -1.90. The highest BCUT2D eigenvalue weighted by Crippen LogP contribution is 2.22. The first-order valence-corrected chi connectivity index (χ1v) is 10.5. The Morgan fingerprint density at radius 2 is 1.74 bits per heavy atom. The predicted molar refractivity (Wildman–Crippen MR) is 108 cm³/mol. The van der Waals surface area contributed by atoms with Crippen molar-refractivity contribution in [3.05, 3.63) is 58.1 Å². The van der Waals surface area contributed by atoms with Crippen LogP contribution in [-0.2, 0) is 16.6 Å². The van der Waals surface area contributed by atoms with Crippen molar-refractivity contribution in [1.82, 2.24) is 10.0 Å². The van der Waals surface area contributed by atoms with Gasteiger partial charge in [-0.15, -0.1) is 0 Å². The van der Waals surface area contributed by atoms with Gasteiger partial charge in [-0.05, 0) is 72.6 Å². The lowest BCUT2D eigenvalue weighted by molar-refractivity contribution is 0.0950. The molecule has 0 fully saturated rings. The summed E-state index contributed by atoms with van der Waals surface area (Å²) in [5, 5.41) is 2.80. The average molecular weight is 455 g/mol. The molecular weight excluding hydrogens is 432 g/mol. The maximum absolute atomic E-state index is 12.5. The predicted octanol–water partition coefficient (Wildman–Crippen LogP) is 3.46. The maximum atomic E-state index is 12.5. The first-order chi connectivity index (χ1) is 12.5. The van der Waals surface area contributed by atoms with Crippen LogP contribution in [0.3, 0.4) is 0 Å². The van der Waals surface area contributed by atoms with Crippen LogP contribution in [0.1, 0.15) is 36.7 Å². The van der Waals surface area contributed by atoms with Gasteiger partial charge in [-0.25, -0.2) is 13.1 Å². The Morgan fingerprint density at radius 1 is 1.11 bits per heavy atom. The number of benzene rings is 2. The Morgan fingerprint density at radius 3 is 2.30 bits per heavy atom. The molecule has 8 heteroatoms. The lowest BCUT2D eigenvalue weighted by Crippen LogP contribution is -2.40. The van der Waals surface area contributed by atoms with Crippen molar-refractivity contribution in [2.75, 3.05) is 7.11 Å². The van der Waals surface area contributed by atoms with Gasteiger partial charge in [0.15, 0.2) is 0 Å². The van der Waals surface area contributed by atoms with E-state index in [4.69, 9.17) is 4.74 Å². The van der Waals surface area contributed by atoms with Gasteiger partial charge >= 0.3 is 0 Å². The van der Waals surface area contributed by atoms with Crippen molar-refractivity contribution < 1.29 is 17.9 Å². The van der Waals surface area contributed by atoms with E-state index in [9.17, 15) is 13.2 Å².